The van der Waals surface area contributed by atoms with Crippen LogP contribution in [0.5, 0.6) is 0 Å². The van der Waals surface area contributed by atoms with Crippen LogP contribution in [-0.4, -0.2) is 22.5 Å². The topological polar surface area (TPSA) is 64.1 Å². The van der Waals surface area contributed by atoms with Crippen LogP contribution in [0, 0.1) is 6.92 Å². The minimum Gasteiger partial charge on any atom is -0.462 e. The van der Waals surface area contributed by atoms with Crippen molar-refractivity contribution in [3.8, 4) is 11.4 Å². The van der Waals surface area contributed by atoms with E-state index in [-0.39, 0.29) is 0 Å². The highest BCUT2D eigenvalue weighted by Crippen LogP contribution is 2.23. The van der Waals surface area contributed by atoms with Gasteiger partial charge in [-0.1, -0.05) is 48.0 Å². The fourth-order valence-corrected chi connectivity index (χ4v) is 2.34. The maximum atomic E-state index is 12.2. The molecule has 0 spiro atoms. The first-order valence-corrected chi connectivity index (χ1v) is 8.10. The normalized spacial score (nSPS) is 10.3. The summed E-state index contributed by atoms with van der Waals surface area (Å²) in [4.78, 5) is 21.1. The number of carbonyl (C=O) groups excluding carboxylic acids is 1. The number of rotatable bonds is 5. The first-order valence-electron chi connectivity index (χ1n) is 8.10. The monoisotopic (exact) mass is 333 g/mol. The van der Waals surface area contributed by atoms with Crippen molar-refractivity contribution in [1.29, 1.82) is 0 Å². The molecule has 126 valence electrons. The second-order valence-electron chi connectivity index (χ2n) is 5.53. The van der Waals surface area contributed by atoms with Gasteiger partial charge < -0.3 is 10.1 Å². The molecule has 25 heavy (non-hydrogen) atoms. The van der Waals surface area contributed by atoms with Crippen molar-refractivity contribution >= 4 is 17.5 Å². The summed E-state index contributed by atoms with van der Waals surface area (Å²) in [6.07, 6.45) is 1.50. The van der Waals surface area contributed by atoms with Crippen molar-refractivity contribution < 1.29 is 9.53 Å². The molecule has 2 aromatic carbocycles. The fourth-order valence-electron chi connectivity index (χ4n) is 2.34. The quantitative estimate of drug-likeness (QED) is 0.702. The van der Waals surface area contributed by atoms with E-state index in [1.165, 1.54) is 6.20 Å². The number of benzene rings is 2. The van der Waals surface area contributed by atoms with Crippen molar-refractivity contribution in [3.05, 3.63) is 71.9 Å². The zero-order valence-corrected chi connectivity index (χ0v) is 14.2. The molecule has 0 saturated heterocycles. The molecule has 0 aliphatic carbocycles. The minimum atomic E-state index is -0.447. The van der Waals surface area contributed by atoms with Gasteiger partial charge in [0.2, 0.25) is 0 Å². The molecular formula is C20H19N3O2. The van der Waals surface area contributed by atoms with E-state index in [1.54, 1.807) is 6.92 Å². The first kappa shape index (κ1) is 16.6. The Kier molecular flexibility index (Phi) is 5.04. The van der Waals surface area contributed by atoms with Gasteiger partial charge in [-0.25, -0.2) is 14.8 Å². The molecule has 0 aliphatic heterocycles. The van der Waals surface area contributed by atoms with Gasteiger partial charge in [0.15, 0.2) is 5.82 Å². The van der Waals surface area contributed by atoms with E-state index in [9.17, 15) is 4.79 Å². The summed E-state index contributed by atoms with van der Waals surface area (Å²) in [6, 6.07) is 17.5. The molecule has 0 amide bonds. The average molecular weight is 333 g/mol. The highest BCUT2D eigenvalue weighted by Gasteiger charge is 2.16. The number of esters is 1. The van der Waals surface area contributed by atoms with Gasteiger partial charge in [-0.2, -0.15) is 0 Å². The number of hydrogen-bond donors (Lipinski definition) is 1. The Labute approximate surface area is 146 Å². The molecule has 0 unspecified atom stereocenters. The summed E-state index contributed by atoms with van der Waals surface area (Å²) >= 11 is 0. The Bertz CT molecular complexity index is 862. The highest BCUT2D eigenvalue weighted by atomic mass is 16.5. The van der Waals surface area contributed by atoms with Crippen LogP contribution >= 0.6 is 0 Å². The second kappa shape index (κ2) is 7.57. The van der Waals surface area contributed by atoms with Crippen LogP contribution in [0.15, 0.2) is 60.8 Å². The number of aryl methyl sites for hydroxylation is 1. The standard InChI is InChI=1S/C20H19N3O2/c1-3-25-20(24)17-13-21-18(15-7-5-4-6-8-15)23-19(17)22-16-11-9-14(2)10-12-16/h4-13H,3H2,1-2H3,(H,21,22,23). The van der Waals surface area contributed by atoms with Gasteiger partial charge in [0.05, 0.1) is 6.61 Å². The van der Waals surface area contributed by atoms with Gasteiger partial charge in [-0.15, -0.1) is 0 Å². The van der Waals surface area contributed by atoms with E-state index in [2.05, 4.69) is 15.3 Å². The van der Waals surface area contributed by atoms with Gasteiger partial charge in [0.25, 0.3) is 0 Å². The Hall–Kier alpha value is -3.21. The van der Waals surface area contributed by atoms with E-state index in [4.69, 9.17) is 4.74 Å². The van der Waals surface area contributed by atoms with E-state index in [1.807, 2.05) is 61.5 Å². The molecule has 0 atom stereocenters. The summed E-state index contributed by atoms with van der Waals surface area (Å²) in [5.74, 6) is 0.524. The average Bonchev–Trinajstić information content (AvgIpc) is 2.64. The first-order chi connectivity index (χ1) is 12.2. The third-order valence-corrected chi connectivity index (χ3v) is 3.63. The fraction of sp³-hybridized carbons (Fsp3) is 0.150. The number of anilines is 2. The Morgan fingerprint density at radius 1 is 1.08 bits per heavy atom. The van der Waals surface area contributed by atoms with Gasteiger partial charge in [-0.3, -0.25) is 0 Å². The smallest absolute Gasteiger partial charge is 0.343 e. The predicted octanol–water partition coefficient (Wildman–Crippen LogP) is 4.37. The van der Waals surface area contributed by atoms with Crippen LogP contribution in [0.1, 0.15) is 22.8 Å². The predicted molar refractivity (Wildman–Crippen MR) is 97.9 cm³/mol. The van der Waals surface area contributed by atoms with Gasteiger partial charge in [0.1, 0.15) is 11.4 Å². The highest BCUT2D eigenvalue weighted by molar-refractivity contribution is 5.95. The molecule has 5 heteroatoms. The van der Waals surface area contributed by atoms with Crippen molar-refractivity contribution in [2.75, 3.05) is 11.9 Å². The lowest BCUT2D eigenvalue weighted by atomic mass is 10.2. The molecule has 5 nitrogen and oxygen atoms in total. The zero-order valence-electron chi connectivity index (χ0n) is 14.2. The van der Waals surface area contributed by atoms with Crippen molar-refractivity contribution in [1.82, 2.24) is 9.97 Å². The van der Waals surface area contributed by atoms with Crippen LogP contribution in [0.25, 0.3) is 11.4 Å². The Morgan fingerprint density at radius 2 is 1.80 bits per heavy atom. The van der Waals surface area contributed by atoms with E-state index in [0.29, 0.717) is 23.8 Å². The minimum absolute atomic E-state index is 0.295. The number of ether oxygens (including phenoxy) is 1. The summed E-state index contributed by atoms with van der Waals surface area (Å²) in [7, 11) is 0. The lowest BCUT2D eigenvalue weighted by molar-refractivity contribution is 0.0526. The van der Waals surface area contributed by atoms with Crippen LogP contribution < -0.4 is 5.32 Å². The largest absolute Gasteiger partial charge is 0.462 e. The van der Waals surface area contributed by atoms with E-state index < -0.39 is 5.97 Å². The molecule has 0 aliphatic rings. The molecule has 3 rings (SSSR count). The van der Waals surface area contributed by atoms with Gasteiger partial charge in [0, 0.05) is 17.4 Å². The van der Waals surface area contributed by atoms with Crippen LogP contribution in [-0.2, 0) is 4.74 Å². The Morgan fingerprint density at radius 3 is 2.48 bits per heavy atom. The molecule has 0 fully saturated rings. The number of nitrogens with one attached hydrogen (secondary N) is 1. The number of hydrogen-bond acceptors (Lipinski definition) is 5. The van der Waals surface area contributed by atoms with Gasteiger partial charge in [-0.05, 0) is 26.0 Å². The SMILES string of the molecule is CCOC(=O)c1cnc(-c2ccccc2)nc1Nc1ccc(C)cc1. The maximum absolute atomic E-state index is 12.2. The molecule has 0 bridgehead atoms. The molecule has 0 saturated carbocycles. The van der Waals surface area contributed by atoms with Crippen LogP contribution in [0.2, 0.25) is 0 Å². The zero-order chi connectivity index (χ0) is 17.6. The number of aromatic nitrogens is 2. The van der Waals surface area contributed by atoms with Crippen molar-refractivity contribution in [3.63, 3.8) is 0 Å². The molecule has 0 radical (unpaired) electrons. The van der Waals surface area contributed by atoms with E-state index >= 15 is 0 Å². The lowest BCUT2D eigenvalue weighted by Crippen LogP contribution is -2.11. The molecule has 1 aromatic heterocycles. The maximum Gasteiger partial charge on any atom is 0.343 e. The van der Waals surface area contributed by atoms with E-state index in [0.717, 1.165) is 16.8 Å². The molecule has 3 aromatic rings. The number of nitrogens with zero attached hydrogens (tertiary/aromatic N) is 2. The van der Waals surface area contributed by atoms with Crippen molar-refractivity contribution in [2.24, 2.45) is 0 Å². The van der Waals surface area contributed by atoms with Crippen LogP contribution in [0.3, 0.4) is 0 Å². The third-order valence-electron chi connectivity index (χ3n) is 3.63. The summed E-state index contributed by atoms with van der Waals surface area (Å²) in [6.45, 7) is 4.08. The summed E-state index contributed by atoms with van der Waals surface area (Å²) in [5.41, 5.74) is 3.18. The summed E-state index contributed by atoms with van der Waals surface area (Å²) < 4.78 is 5.11. The summed E-state index contributed by atoms with van der Waals surface area (Å²) in [5, 5.41) is 3.20. The van der Waals surface area contributed by atoms with Gasteiger partial charge >= 0.3 is 5.97 Å². The Balaban J connectivity index is 2.01. The second-order valence-corrected chi connectivity index (χ2v) is 5.53. The molecule has 1 N–H and O–H groups in total. The molecule has 1 heterocycles. The third kappa shape index (κ3) is 4.01. The van der Waals surface area contributed by atoms with Crippen LogP contribution in [0.4, 0.5) is 11.5 Å². The lowest BCUT2D eigenvalue weighted by Gasteiger charge is -2.12. The number of carbonyl (C=O) groups is 1. The molecular weight excluding hydrogens is 314 g/mol. The van der Waals surface area contributed by atoms with Crippen molar-refractivity contribution in [2.45, 2.75) is 13.8 Å².